The molecular weight excluding hydrogens is 232 g/mol. The second-order valence-electron chi connectivity index (χ2n) is 3.60. The van der Waals surface area contributed by atoms with Crippen LogP contribution in [0.2, 0.25) is 0 Å². The number of methoxy groups -OCH3 is 2. The van der Waals surface area contributed by atoms with Gasteiger partial charge in [-0.25, -0.2) is 4.98 Å². The van der Waals surface area contributed by atoms with Crippen LogP contribution >= 0.6 is 0 Å². The van der Waals surface area contributed by atoms with Crippen LogP contribution in [0.25, 0.3) is 0 Å². The highest BCUT2D eigenvalue weighted by Gasteiger charge is 2.20. The van der Waals surface area contributed by atoms with Crippen LogP contribution in [-0.2, 0) is 0 Å². The van der Waals surface area contributed by atoms with Crippen LogP contribution in [0.1, 0.15) is 17.4 Å². The van der Waals surface area contributed by atoms with E-state index in [1.807, 2.05) is 0 Å². The Labute approximate surface area is 105 Å². The monoisotopic (exact) mass is 246 g/mol. The Balaban J connectivity index is 2.44. The van der Waals surface area contributed by atoms with Gasteiger partial charge in [-0.15, -0.1) is 0 Å². The maximum atomic E-state index is 10.4. The Kier molecular flexibility index (Phi) is 3.74. The third-order valence-electron chi connectivity index (χ3n) is 2.57. The predicted octanol–water partition coefficient (Wildman–Crippen LogP) is 1.58. The summed E-state index contributed by atoms with van der Waals surface area (Å²) >= 11 is 0. The molecule has 0 fully saturated rings. The van der Waals surface area contributed by atoms with Gasteiger partial charge in [0.25, 0.3) is 0 Å². The van der Waals surface area contributed by atoms with Crippen molar-refractivity contribution in [1.82, 2.24) is 9.97 Å². The molecule has 0 bridgehead atoms. The molecule has 2 heterocycles. The van der Waals surface area contributed by atoms with Gasteiger partial charge >= 0.3 is 0 Å². The number of pyridine rings is 2. The molecule has 0 aliphatic carbocycles. The van der Waals surface area contributed by atoms with Gasteiger partial charge in [0, 0.05) is 18.0 Å². The minimum Gasteiger partial charge on any atom is -0.495 e. The summed E-state index contributed by atoms with van der Waals surface area (Å²) < 4.78 is 10.3. The van der Waals surface area contributed by atoms with Crippen LogP contribution in [0.15, 0.2) is 36.7 Å². The van der Waals surface area contributed by atoms with E-state index in [9.17, 15) is 5.11 Å². The van der Waals surface area contributed by atoms with Crippen molar-refractivity contribution in [3.8, 4) is 11.6 Å². The highest BCUT2D eigenvalue weighted by molar-refractivity contribution is 5.38. The summed E-state index contributed by atoms with van der Waals surface area (Å²) in [5, 5.41) is 10.4. The van der Waals surface area contributed by atoms with Crippen molar-refractivity contribution >= 4 is 0 Å². The minimum absolute atomic E-state index is 0.373. The van der Waals surface area contributed by atoms with Crippen LogP contribution < -0.4 is 9.47 Å². The number of hydrogen-bond donors (Lipinski definition) is 1. The van der Waals surface area contributed by atoms with E-state index in [2.05, 4.69) is 9.97 Å². The molecule has 2 aromatic rings. The summed E-state index contributed by atoms with van der Waals surface area (Å²) in [6, 6.07) is 6.96. The molecule has 0 radical (unpaired) electrons. The van der Waals surface area contributed by atoms with Crippen LogP contribution in [0.3, 0.4) is 0 Å². The highest BCUT2D eigenvalue weighted by atomic mass is 16.5. The zero-order chi connectivity index (χ0) is 13.0. The smallest absolute Gasteiger partial charge is 0.219 e. The number of ether oxygens (including phenoxy) is 2. The lowest BCUT2D eigenvalue weighted by Gasteiger charge is -2.15. The molecular formula is C13H14N2O3. The van der Waals surface area contributed by atoms with Gasteiger partial charge in [-0.1, -0.05) is 0 Å². The largest absolute Gasteiger partial charge is 0.495 e. The zero-order valence-corrected chi connectivity index (χ0v) is 10.2. The fourth-order valence-electron chi connectivity index (χ4n) is 1.71. The summed E-state index contributed by atoms with van der Waals surface area (Å²) in [4.78, 5) is 8.19. The number of aliphatic hydroxyl groups is 1. The number of hydrogen-bond acceptors (Lipinski definition) is 5. The van der Waals surface area contributed by atoms with Gasteiger partial charge in [-0.2, -0.15) is 0 Å². The molecule has 0 aromatic carbocycles. The third-order valence-corrected chi connectivity index (χ3v) is 2.57. The summed E-state index contributed by atoms with van der Waals surface area (Å²) in [5.41, 5.74) is 0.989. The van der Waals surface area contributed by atoms with Gasteiger partial charge in [0.2, 0.25) is 5.88 Å². The first-order chi connectivity index (χ1) is 8.77. The summed E-state index contributed by atoms with van der Waals surface area (Å²) in [7, 11) is 3.04. The lowest BCUT2D eigenvalue weighted by Crippen LogP contribution is -2.07. The number of aliphatic hydroxyl groups excluding tert-OH is 1. The molecule has 2 rings (SSSR count). The number of aromatic nitrogens is 2. The molecule has 94 valence electrons. The predicted molar refractivity (Wildman–Crippen MR) is 65.6 cm³/mol. The van der Waals surface area contributed by atoms with Crippen LogP contribution in [0.4, 0.5) is 0 Å². The van der Waals surface area contributed by atoms with E-state index >= 15 is 0 Å². The molecule has 0 amide bonds. The van der Waals surface area contributed by atoms with E-state index in [0.717, 1.165) is 0 Å². The lowest BCUT2D eigenvalue weighted by molar-refractivity contribution is 0.203. The molecule has 0 spiro atoms. The molecule has 5 nitrogen and oxygen atoms in total. The van der Waals surface area contributed by atoms with E-state index < -0.39 is 6.10 Å². The molecule has 0 aliphatic heterocycles. The van der Waals surface area contributed by atoms with Crippen LogP contribution in [0, 0.1) is 0 Å². The van der Waals surface area contributed by atoms with Gasteiger partial charge in [0.1, 0.15) is 17.5 Å². The molecule has 1 atom stereocenters. The van der Waals surface area contributed by atoms with Gasteiger partial charge in [-0.05, 0) is 24.3 Å². The first-order valence-corrected chi connectivity index (χ1v) is 5.43. The topological polar surface area (TPSA) is 64.5 Å². The molecule has 0 aliphatic rings. The van der Waals surface area contributed by atoms with Gasteiger partial charge in [-0.3, -0.25) is 4.98 Å². The summed E-state index contributed by atoms with van der Waals surface area (Å²) in [5.74, 6) is 0.897. The molecule has 5 heteroatoms. The van der Waals surface area contributed by atoms with Crippen molar-refractivity contribution in [1.29, 1.82) is 0 Å². The molecule has 1 unspecified atom stereocenters. The lowest BCUT2D eigenvalue weighted by atomic mass is 10.1. The average molecular weight is 246 g/mol. The van der Waals surface area contributed by atoms with Crippen molar-refractivity contribution in [3.05, 3.63) is 47.9 Å². The van der Waals surface area contributed by atoms with E-state index in [0.29, 0.717) is 22.9 Å². The Morgan fingerprint density at radius 3 is 2.50 bits per heavy atom. The molecule has 2 aromatic heterocycles. The molecule has 18 heavy (non-hydrogen) atoms. The minimum atomic E-state index is -0.940. The molecule has 0 saturated heterocycles. The number of nitrogens with zero attached hydrogens (tertiary/aromatic N) is 2. The second-order valence-corrected chi connectivity index (χ2v) is 3.60. The Morgan fingerprint density at radius 1 is 1.06 bits per heavy atom. The van der Waals surface area contributed by atoms with Crippen molar-refractivity contribution in [3.63, 3.8) is 0 Å². The highest BCUT2D eigenvalue weighted by Crippen LogP contribution is 2.31. The van der Waals surface area contributed by atoms with Crippen molar-refractivity contribution < 1.29 is 14.6 Å². The normalized spacial score (nSPS) is 11.9. The second kappa shape index (κ2) is 5.46. The maximum Gasteiger partial charge on any atom is 0.219 e. The first kappa shape index (κ1) is 12.3. The standard InChI is InChI=1S/C13H14N2O3/c1-17-10-6-4-7-14-11(10)12(16)9-5-3-8-15-13(9)18-2/h3-8,12,16H,1-2H3. The molecule has 0 saturated carbocycles. The summed E-state index contributed by atoms with van der Waals surface area (Å²) in [6.07, 6.45) is 2.26. The van der Waals surface area contributed by atoms with E-state index in [1.165, 1.54) is 14.2 Å². The van der Waals surface area contributed by atoms with E-state index in [4.69, 9.17) is 9.47 Å². The third kappa shape index (κ3) is 2.26. The Morgan fingerprint density at radius 2 is 1.78 bits per heavy atom. The van der Waals surface area contributed by atoms with Crippen molar-refractivity contribution in [2.24, 2.45) is 0 Å². The van der Waals surface area contributed by atoms with Gasteiger partial charge in [0.05, 0.1) is 14.2 Å². The van der Waals surface area contributed by atoms with Gasteiger partial charge in [0.15, 0.2) is 0 Å². The van der Waals surface area contributed by atoms with Gasteiger partial charge < -0.3 is 14.6 Å². The quantitative estimate of drug-likeness (QED) is 0.887. The average Bonchev–Trinajstić information content (AvgIpc) is 2.46. The summed E-state index contributed by atoms with van der Waals surface area (Å²) in [6.45, 7) is 0. The van der Waals surface area contributed by atoms with E-state index in [1.54, 1.807) is 36.7 Å². The molecule has 1 N–H and O–H groups in total. The fourth-order valence-corrected chi connectivity index (χ4v) is 1.71. The zero-order valence-electron chi connectivity index (χ0n) is 10.2. The van der Waals surface area contributed by atoms with Crippen LogP contribution in [-0.4, -0.2) is 29.3 Å². The first-order valence-electron chi connectivity index (χ1n) is 5.43. The Bertz CT molecular complexity index is 484. The maximum absolute atomic E-state index is 10.4. The number of rotatable bonds is 4. The Hall–Kier alpha value is -2.14. The van der Waals surface area contributed by atoms with E-state index in [-0.39, 0.29) is 0 Å². The SMILES string of the molecule is COc1cccnc1C(O)c1cccnc1OC. The van der Waals surface area contributed by atoms with Crippen LogP contribution in [0.5, 0.6) is 11.6 Å². The van der Waals surface area contributed by atoms with Crippen molar-refractivity contribution in [2.45, 2.75) is 6.10 Å². The fraction of sp³-hybridized carbons (Fsp3) is 0.231. The van der Waals surface area contributed by atoms with Crippen molar-refractivity contribution in [2.75, 3.05) is 14.2 Å².